The van der Waals surface area contributed by atoms with Crippen LogP contribution >= 0.6 is 11.8 Å². The smallest absolute Gasteiger partial charge is 0.422 e. The lowest BCUT2D eigenvalue weighted by Crippen LogP contribution is -2.19. The number of aromatic amines is 1. The Hall–Kier alpha value is -1.32. The van der Waals surface area contributed by atoms with E-state index in [1.807, 2.05) is 0 Å². The largest absolute Gasteiger partial charge is 0.453 e. The molecule has 1 rings (SSSR count). The monoisotopic (exact) mass is 267 g/mol. The van der Waals surface area contributed by atoms with Gasteiger partial charge >= 0.3 is 12.1 Å². The Morgan fingerprint density at radius 2 is 1.81 bits per heavy atom. The normalized spacial score (nSPS) is 11.4. The Bertz CT molecular complexity index is 404. The quantitative estimate of drug-likeness (QED) is 0.836. The van der Waals surface area contributed by atoms with Crippen LogP contribution in [0.2, 0.25) is 0 Å². The highest BCUT2D eigenvalue weighted by Gasteiger charge is 2.30. The van der Waals surface area contributed by atoms with E-state index in [9.17, 15) is 26.3 Å². The first-order valence-corrected chi connectivity index (χ1v) is 4.30. The lowest BCUT2D eigenvalue weighted by Gasteiger charge is -2.06. The highest BCUT2D eigenvalue weighted by Crippen LogP contribution is 2.23. The highest BCUT2D eigenvalue weighted by atomic mass is 32.1. The zero-order valence-electron chi connectivity index (χ0n) is 7.20. The predicted molar refractivity (Wildman–Crippen MR) is 40.0 cm³/mol. The van der Waals surface area contributed by atoms with Crippen LogP contribution in [0.1, 0.15) is 0 Å². The van der Waals surface area contributed by atoms with Crippen LogP contribution in [0.5, 0.6) is 5.95 Å². The number of hydrogen-bond donors (Lipinski definition) is 1. The maximum atomic E-state index is 12.9. The Balaban J connectivity index is 2.99. The fraction of sp³-hybridized carbons (Fsp3) is 0.333. The molecular weight excluding hydrogens is 264 g/mol. The molecule has 0 fully saturated rings. The molecule has 1 N–H and O–H groups in total. The van der Waals surface area contributed by atoms with E-state index in [2.05, 4.69) is 8.59 Å². The Kier molecular flexibility index (Phi) is 3.73. The minimum absolute atomic E-state index is 0.0231. The second kappa shape index (κ2) is 4.68. The van der Waals surface area contributed by atoms with Gasteiger partial charge in [0, 0.05) is 0 Å². The number of rotatable bonds is 2. The molecule has 16 heavy (non-hydrogen) atoms. The first-order chi connectivity index (χ1) is 7.31. The van der Waals surface area contributed by atoms with E-state index in [0.717, 1.165) is 0 Å². The molecule has 3 nitrogen and oxygen atoms in total. The summed E-state index contributed by atoms with van der Waals surface area (Å²) >= 11 is -0.0231. The van der Waals surface area contributed by atoms with Crippen LogP contribution in [0.25, 0.3) is 0 Å². The van der Waals surface area contributed by atoms with Crippen molar-refractivity contribution in [2.75, 3.05) is 6.61 Å². The van der Waals surface area contributed by atoms with Gasteiger partial charge in [0.1, 0.15) is 11.8 Å². The summed E-state index contributed by atoms with van der Waals surface area (Å²) in [6.07, 6.45) is -4.75. The van der Waals surface area contributed by atoms with Gasteiger partial charge in [-0.25, -0.2) is 0 Å². The summed E-state index contributed by atoms with van der Waals surface area (Å²) in [5.74, 6) is -7.12. The number of halogens is 6. The van der Waals surface area contributed by atoms with Crippen LogP contribution in [-0.2, 0) is 0 Å². The summed E-state index contributed by atoms with van der Waals surface area (Å²) in [6.45, 7) is -1.88. The first kappa shape index (κ1) is 12.7. The fourth-order valence-corrected chi connectivity index (χ4v) is 0.999. The van der Waals surface area contributed by atoms with Crippen molar-refractivity contribution in [3.8, 4) is 5.95 Å². The molecule has 1 aromatic rings. The van der Waals surface area contributed by atoms with Crippen LogP contribution in [-0.4, -0.2) is 17.2 Å². The van der Waals surface area contributed by atoms with Crippen molar-refractivity contribution in [2.24, 2.45) is 0 Å². The average Bonchev–Trinajstić information content (AvgIpc) is 2.28. The molecule has 0 unspecified atom stereocenters. The van der Waals surface area contributed by atoms with Gasteiger partial charge in [-0.2, -0.15) is 26.3 Å². The van der Waals surface area contributed by atoms with Gasteiger partial charge in [-0.1, -0.05) is 0 Å². The van der Waals surface area contributed by atoms with E-state index in [1.54, 1.807) is 4.37 Å². The zero-order chi connectivity index (χ0) is 12.3. The summed E-state index contributed by atoms with van der Waals surface area (Å²) in [5.41, 5.74) is 0. The summed E-state index contributed by atoms with van der Waals surface area (Å²) in [4.78, 5) is 0. The zero-order valence-corrected chi connectivity index (χ0v) is 8.02. The van der Waals surface area contributed by atoms with Crippen LogP contribution in [0.4, 0.5) is 26.3 Å². The molecule has 0 saturated carbocycles. The van der Waals surface area contributed by atoms with E-state index in [-0.39, 0.29) is 11.8 Å². The Morgan fingerprint density at radius 3 is 2.38 bits per heavy atom. The van der Waals surface area contributed by atoms with Crippen molar-refractivity contribution in [3.05, 3.63) is 17.6 Å². The molecule has 0 aromatic carbocycles. The predicted octanol–water partition coefficient (Wildman–Crippen LogP) is 3.15. The lowest BCUT2D eigenvalue weighted by atomic mass is 10.5. The van der Waals surface area contributed by atoms with Gasteiger partial charge < -0.3 is 8.59 Å². The van der Waals surface area contributed by atoms with Crippen molar-refractivity contribution in [1.29, 1.82) is 0 Å². The van der Waals surface area contributed by atoms with Gasteiger partial charge in [0.05, 0.1) is 0 Å². The molecule has 0 spiro atoms. The third-order valence-corrected chi connectivity index (χ3v) is 1.68. The number of H-pyrrole nitrogens is 1. The lowest BCUT2D eigenvalue weighted by molar-refractivity contribution is -0.156. The molecule has 0 amide bonds. The minimum atomic E-state index is -4.75. The van der Waals surface area contributed by atoms with Crippen molar-refractivity contribution in [2.45, 2.75) is 6.18 Å². The molecule has 0 atom stereocenters. The van der Waals surface area contributed by atoms with Crippen LogP contribution < -0.4 is 4.74 Å². The van der Waals surface area contributed by atoms with Gasteiger partial charge in [-0.05, 0) is 0 Å². The number of nitrogens with one attached hydrogen (secondary N) is 1. The van der Waals surface area contributed by atoms with Crippen molar-refractivity contribution < 1.29 is 34.9 Å². The molecule has 0 bridgehead atoms. The van der Waals surface area contributed by atoms with E-state index < -0.39 is 36.3 Å². The van der Waals surface area contributed by atoms with Gasteiger partial charge in [0.15, 0.2) is 6.61 Å². The van der Waals surface area contributed by atoms with E-state index in [4.69, 9.17) is 0 Å². The third kappa shape index (κ3) is 3.36. The van der Waals surface area contributed by atoms with Gasteiger partial charge in [0.25, 0.3) is 0 Å². The molecular formula is C6H3F6NO2S. The topological polar surface area (TPSA) is 38.2 Å². The summed E-state index contributed by atoms with van der Waals surface area (Å²) < 4.78 is 82.5. The molecule has 1 heterocycles. The first-order valence-electron chi connectivity index (χ1n) is 3.56. The number of aromatic nitrogens is 1. The van der Waals surface area contributed by atoms with E-state index in [1.165, 1.54) is 0 Å². The highest BCUT2D eigenvalue weighted by molar-refractivity contribution is 6.96. The van der Waals surface area contributed by atoms with Crippen LogP contribution in [0, 0.1) is 17.6 Å². The van der Waals surface area contributed by atoms with Gasteiger partial charge in [0.2, 0.25) is 17.6 Å². The van der Waals surface area contributed by atoms with E-state index in [0.29, 0.717) is 0 Å². The SMILES string of the molecule is Fc1[nH]soc(OCC(F)(F)F)c(F)c1F. The molecule has 0 aliphatic carbocycles. The standard InChI is InChI=1S/C6H3F6NO2S/c7-2-3(8)5(14-1-6(10,11)12)15-16-13-4(2)9/h13H,1H2. The maximum absolute atomic E-state index is 12.9. The van der Waals surface area contributed by atoms with Gasteiger partial charge in [-0.15, -0.1) is 0 Å². The Morgan fingerprint density at radius 1 is 1.19 bits per heavy atom. The number of alkyl halides is 3. The van der Waals surface area contributed by atoms with Gasteiger partial charge in [-0.3, -0.25) is 4.37 Å². The van der Waals surface area contributed by atoms with Crippen LogP contribution in [0.15, 0.2) is 3.85 Å². The summed E-state index contributed by atoms with van der Waals surface area (Å²) in [5, 5.41) is 0. The number of ether oxygens (including phenoxy) is 1. The second-order valence-electron chi connectivity index (χ2n) is 2.40. The Labute approximate surface area is 88.3 Å². The van der Waals surface area contributed by atoms with Crippen molar-refractivity contribution in [1.82, 2.24) is 4.37 Å². The number of hydrogen-bond acceptors (Lipinski definition) is 3. The molecule has 10 heteroatoms. The molecule has 0 aliphatic heterocycles. The fourth-order valence-electron chi connectivity index (χ4n) is 0.597. The minimum Gasteiger partial charge on any atom is -0.453 e. The summed E-state index contributed by atoms with van der Waals surface area (Å²) in [7, 11) is 0. The average molecular weight is 267 g/mol. The van der Waals surface area contributed by atoms with Crippen molar-refractivity contribution in [3.63, 3.8) is 0 Å². The molecule has 0 aliphatic rings. The second-order valence-corrected chi connectivity index (χ2v) is 2.94. The molecule has 92 valence electrons. The van der Waals surface area contributed by atoms with Crippen LogP contribution in [0.3, 0.4) is 0 Å². The summed E-state index contributed by atoms with van der Waals surface area (Å²) in [6, 6.07) is 0. The third-order valence-electron chi connectivity index (χ3n) is 1.18. The molecule has 1 aromatic heterocycles. The maximum Gasteiger partial charge on any atom is 0.422 e. The van der Waals surface area contributed by atoms with E-state index >= 15 is 0 Å². The molecule has 0 radical (unpaired) electrons. The van der Waals surface area contributed by atoms with Crippen molar-refractivity contribution >= 4 is 11.8 Å². The molecule has 0 saturated heterocycles.